The van der Waals surface area contributed by atoms with Gasteiger partial charge in [0.05, 0.1) is 5.25 Å². The van der Waals surface area contributed by atoms with Gasteiger partial charge in [0.25, 0.3) is 0 Å². The minimum absolute atomic E-state index is 0.00484. The van der Waals surface area contributed by atoms with Gasteiger partial charge >= 0.3 is 0 Å². The van der Waals surface area contributed by atoms with Crippen molar-refractivity contribution in [2.24, 2.45) is 0 Å². The third-order valence-corrected chi connectivity index (χ3v) is 7.31. The lowest BCUT2D eigenvalue weighted by atomic mass is 9.97. The Hall–Kier alpha value is -1.92. The van der Waals surface area contributed by atoms with Gasteiger partial charge < -0.3 is 5.32 Å². The molecule has 3 aromatic rings. The molecular weight excluding hydrogens is 386 g/mol. The molecule has 2 atom stereocenters. The Morgan fingerprint density at radius 2 is 1.89 bits per heavy atom. The number of carbonyl (C=O) groups is 1. The summed E-state index contributed by atoms with van der Waals surface area (Å²) in [7, 11) is 0. The highest BCUT2D eigenvalue weighted by molar-refractivity contribution is 8.00. The van der Waals surface area contributed by atoms with Crippen molar-refractivity contribution in [3.05, 3.63) is 46.1 Å². The summed E-state index contributed by atoms with van der Waals surface area (Å²) in [6.45, 7) is 12.4. The molecule has 6 heteroatoms. The number of nitrogens with one attached hydrogen (secondary N) is 1. The summed E-state index contributed by atoms with van der Waals surface area (Å²) in [6, 6.07) is 8.07. The highest BCUT2D eigenvalue weighted by Gasteiger charge is 2.21. The van der Waals surface area contributed by atoms with E-state index >= 15 is 0 Å². The largest absolute Gasteiger partial charge is 0.325 e. The van der Waals surface area contributed by atoms with E-state index in [4.69, 9.17) is 0 Å². The molecule has 0 fully saturated rings. The zero-order valence-electron chi connectivity index (χ0n) is 17.3. The van der Waals surface area contributed by atoms with Gasteiger partial charge in [-0.05, 0) is 57.2 Å². The van der Waals surface area contributed by atoms with E-state index in [9.17, 15) is 4.79 Å². The van der Waals surface area contributed by atoms with E-state index in [1.54, 1.807) is 11.3 Å². The molecule has 2 aromatic heterocycles. The van der Waals surface area contributed by atoms with Crippen LogP contribution in [-0.2, 0) is 4.79 Å². The highest BCUT2D eigenvalue weighted by atomic mass is 32.2. The first-order valence-corrected chi connectivity index (χ1v) is 11.3. The maximum Gasteiger partial charge on any atom is 0.237 e. The minimum Gasteiger partial charge on any atom is -0.325 e. The minimum atomic E-state index is -0.262. The van der Waals surface area contributed by atoms with Crippen molar-refractivity contribution in [2.45, 2.75) is 64.2 Å². The van der Waals surface area contributed by atoms with Crippen molar-refractivity contribution in [1.29, 1.82) is 0 Å². The van der Waals surface area contributed by atoms with Crippen molar-refractivity contribution in [2.75, 3.05) is 5.32 Å². The first-order chi connectivity index (χ1) is 13.3. The SMILES string of the molecule is CC[C@H](C)c1ccccc1NC(=O)[C@H](C)Sc1nc(C)nc2sc(C)c(C)c12. The second-order valence-electron chi connectivity index (χ2n) is 7.19. The molecule has 0 spiro atoms. The van der Waals surface area contributed by atoms with Gasteiger partial charge in [0.15, 0.2) is 0 Å². The lowest BCUT2D eigenvalue weighted by Gasteiger charge is -2.18. The van der Waals surface area contributed by atoms with Gasteiger partial charge in [-0.25, -0.2) is 9.97 Å². The summed E-state index contributed by atoms with van der Waals surface area (Å²) < 4.78 is 0. The molecule has 2 heterocycles. The number of rotatable bonds is 6. The number of amides is 1. The molecule has 0 radical (unpaired) electrons. The van der Waals surface area contributed by atoms with Crippen LogP contribution in [0.15, 0.2) is 29.3 Å². The Kier molecular flexibility index (Phi) is 6.40. The number of fused-ring (bicyclic) bond motifs is 1. The first kappa shape index (κ1) is 20.8. The summed E-state index contributed by atoms with van der Waals surface area (Å²) >= 11 is 3.19. The number of anilines is 1. The van der Waals surface area contributed by atoms with Crippen molar-refractivity contribution in [1.82, 2.24) is 9.97 Å². The maximum absolute atomic E-state index is 12.9. The Bertz CT molecular complexity index is 1010. The molecule has 0 saturated carbocycles. The van der Waals surface area contributed by atoms with Crippen LogP contribution in [0.5, 0.6) is 0 Å². The normalized spacial score (nSPS) is 13.5. The predicted molar refractivity (Wildman–Crippen MR) is 121 cm³/mol. The molecule has 1 amide bonds. The fourth-order valence-corrected chi connectivity index (χ4v) is 5.31. The summed E-state index contributed by atoms with van der Waals surface area (Å²) in [6.07, 6.45) is 1.03. The molecular formula is C22H27N3OS2. The monoisotopic (exact) mass is 413 g/mol. The van der Waals surface area contributed by atoms with Crippen molar-refractivity contribution < 1.29 is 4.79 Å². The van der Waals surface area contributed by atoms with Crippen LogP contribution in [0.4, 0.5) is 5.69 Å². The van der Waals surface area contributed by atoms with E-state index in [1.165, 1.54) is 27.8 Å². The fraction of sp³-hybridized carbons (Fsp3) is 0.409. The van der Waals surface area contributed by atoms with Crippen molar-refractivity contribution >= 4 is 44.9 Å². The Labute approximate surface area is 175 Å². The maximum atomic E-state index is 12.9. The fourth-order valence-electron chi connectivity index (χ4n) is 3.12. The van der Waals surface area contributed by atoms with Crippen LogP contribution < -0.4 is 5.32 Å². The van der Waals surface area contributed by atoms with E-state index in [-0.39, 0.29) is 11.2 Å². The molecule has 28 heavy (non-hydrogen) atoms. The van der Waals surface area contributed by atoms with Gasteiger partial charge in [-0.2, -0.15) is 0 Å². The van der Waals surface area contributed by atoms with Gasteiger partial charge in [-0.1, -0.05) is 43.8 Å². The van der Waals surface area contributed by atoms with Crippen LogP contribution in [0.3, 0.4) is 0 Å². The number of aromatic nitrogens is 2. The molecule has 1 aromatic carbocycles. The third-order valence-electron chi connectivity index (χ3n) is 5.13. The Morgan fingerprint density at radius 3 is 2.61 bits per heavy atom. The number of benzene rings is 1. The molecule has 4 nitrogen and oxygen atoms in total. The molecule has 3 rings (SSSR count). The van der Waals surface area contributed by atoms with E-state index in [1.807, 2.05) is 32.0 Å². The lowest BCUT2D eigenvalue weighted by Crippen LogP contribution is -2.23. The standard InChI is InChI=1S/C22H27N3OS2/c1-7-12(2)17-10-8-9-11-18(17)25-20(26)15(5)28-22-19-13(3)14(4)27-21(19)23-16(6)24-22/h8-12,15H,7H2,1-6H3,(H,25,26)/t12-,15-/m0/s1. The van der Waals surface area contributed by atoms with Crippen LogP contribution in [0.1, 0.15) is 54.9 Å². The zero-order valence-corrected chi connectivity index (χ0v) is 18.9. The molecule has 0 saturated heterocycles. The molecule has 0 aliphatic heterocycles. The Morgan fingerprint density at radius 1 is 1.18 bits per heavy atom. The molecule has 0 unspecified atom stereocenters. The number of aryl methyl sites for hydroxylation is 3. The second-order valence-corrected chi connectivity index (χ2v) is 9.72. The van der Waals surface area contributed by atoms with Crippen LogP contribution in [0, 0.1) is 20.8 Å². The highest BCUT2D eigenvalue weighted by Crippen LogP contribution is 2.37. The van der Waals surface area contributed by atoms with E-state index in [2.05, 4.69) is 49.0 Å². The average Bonchev–Trinajstić information content (AvgIpc) is 2.95. The smallest absolute Gasteiger partial charge is 0.237 e. The number of thioether (sulfide) groups is 1. The summed E-state index contributed by atoms with van der Waals surface area (Å²) in [5.74, 6) is 1.14. The van der Waals surface area contributed by atoms with E-state index in [0.29, 0.717) is 5.92 Å². The molecule has 0 aliphatic rings. The van der Waals surface area contributed by atoms with Crippen molar-refractivity contribution in [3.8, 4) is 0 Å². The van der Waals surface area contributed by atoms with Gasteiger partial charge in [0.1, 0.15) is 15.7 Å². The number of nitrogens with zero attached hydrogens (tertiary/aromatic N) is 2. The number of hydrogen-bond donors (Lipinski definition) is 1. The summed E-state index contributed by atoms with van der Waals surface area (Å²) in [5.41, 5.74) is 3.29. The predicted octanol–water partition coefficient (Wildman–Crippen LogP) is 6.25. The third kappa shape index (κ3) is 4.23. The quantitative estimate of drug-likeness (QED) is 0.383. The lowest BCUT2D eigenvalue weighted by molar-refractivity contribution is -0.115. The summed E-state index contributed by atoms with van der Waals surface area (Å²) in [4.78, 5) is 24.4. The van der Waals surface area contributed by atoms with E-state index in [0.717, 1.165) is 33.2 Å². The average molecular weight is 414 g/mol. The van der Waals surface area contributed by atoms with Crippen LogP contribution in [0.25, 0.3) is 10.2 Å². The van der Waals surface area contributed by atoms with Gasteiger partial charge in [0, 0.05) is 16.0 Å². The molecule has 1 N–H and O–H groups in total. The molecule has 0 aliphatic carbocycles. The van der Waals surface area contributed by atoms with Crippen LogP contribution in [0.2, 0.25) is 0 Å². The topological polar surface area (TPSA) is 54.9 Å². The Balaban J connectivity index is 1.84. The van der Waals surface area contributed by atoms with Gasteiger partial charge in [-0.3, -0.25) is 4.79 Å². The van der Waals surface area contributed by atoms with Crippen LogP contribution >= 0.6 is 23.1 Å². The second kappa shape index (κ2) is 8.62. The number of hydrogen-bond acceptors (Lipinski definition) is 5. The van der Waals surface area contributed by atoms with Gasteiger partial charge in [-0.15, -0.1) is 11.3 Å². The van der Waals surface area contributed by atoms with Gasteiger partial charge in [0.2, 0.25) is 5.91 Å². The molecule has 148 valence electrons. The first-order valence-electron chi connectivity index (χ1n) is 9.62. The van der Waals surface area contributed by atoms with Crippen molar-refractivity contribution in [3.63, 3.8) is 0 Å². The summed E-state index contributed by atoms with van der Waals surface area (Å²) in [5, 5.41) is 4.84. The zero-order chi connectivity index (χ0) is 20.4. The molecule has 0 bridgehead atoms. The number of thiophene rings is 1. The number of carbonyl (C=O) groups excluding carboxylic acids is 1. The van der Waals surface area contributed by atoms with Crippen LogP contribution in [-0.4, -0.2) is 21.1 Å². The van der Waals surface area contributed by atoms with E-state index < -0.39 is 0 Å². The number of para-hydroxylation sites is 1.